The van der Waals surface area contributed by atoms with Gasteiger partial charge in [-0.3, -0.25) is 9.48 Å². The molecule has 1 aliphatic rings. The van der Waals surface area contributed by atoms with E-state index in [-0.39, 0.29) is 11.8 Å². The van der Waals surface area contributed by atoms with Crippen LogP contribution in [-0.4, -0.2) is 15.7 Å². The molecule has 0 radical (unpaired) electrons. The summed E-state index contributed by atoms with van der Waals surface area (Å²) in [5.41, 5.74) is 2.34. The molecule has 0 aliphatic heterocycles. The molecule has 1 N–H and O–H groups in total. The molecule has 1 heterocycles. The van der Waals surface area contributed by atoms with Gasteiger partial charge in [-0.15, -0.1) is 0 Å². The fourth-order valence-corrected chi connectivity index (χ4v) is 3.19. The first-order valence-electron chi connectivity index (χ1n) is 8.33. The molecule has 126 valence electrons. The fraction of sp³-hybridized carbons (Fsp3) is 0.200. The Morgan fingerprint density at radius 2 is 1.88 bits per heavy atom. The molecule has 4 nitrogen and oxygen atoms in total. The number of hydrogen-bond donors (Lipinski definition) is 1. The third-order valence-corrected chi connectivity index (χ3v) is 4.76. The second kappa shape index (κ2) is 6.73. The number of anilines is 1. The molecule has 1 amide bonds. The minimum atomic E-state index is 0.0452. The van der Waals surface area contributed by atoms with E-state index in [1.165, 1.54) is 5.56 Å². The normalized spacial score (nSPS) is 18.8. The van der Waals surface area contributed by atoms with Crippen molar-refractivity contribution in [3.8, 4) is 0 Å². The van der Waals surface area contributed by atoms with Crippen molar-refractivity contribution in [3.05, 3.63) is 83.0 Å². The molecule has 1 aliphatic carbocycles. The van der Waals surface area contributed by atoms with Crippen LogP contribution in [-0.2, 0) is 11.3 Å². The highest BCUT2D eigenvalue weighted by atomic mass is 35.5. The summed E-state index contributed by atoms with van der Waals surface area (Å²) < 4.78 is 1.81. The summed E-state index contributed by atoms with van der Waals surface area (Å²) >= 11 is 5.90. The predicted molar refractivity (Wildman–Crippen MR) is 98.7 cm³/mol. The largest absolute Gasteiger partial charge is 0.309 e. The smallest absolute Gasteiger partial charge is 0.229 e. The second-order valence-corrected chi connectivity index (χ2v) is 6.81. The van der Waals surface area contributed by atoms with Crippen molar-refractivity contribution in [2.75, 3.05) is 5.32 Å². The van der Waals surface area contributed by atoms with E-state index in [0.29, 0.717) is 18.3 Å². The first-order chi connectivity index (χ1) is 12.2. The van der Waals surface area contributed by atoms with E-state index in [9.17, 15) is 4.79 Å². The van der Waals surface area contributed by atoms with Crippen LogP contribution in [0.5, 0.6) is 0 Å². The number of aromatic nitrogens is 2. The first kappa shape index (κ1) is 15.9. The predicted octanol–water partition coefficient (Wildman–Crippen LogP) is 4.33. The van der Waals surface area contributed by atoms with Crippen LogP contribution in [0.1, 0.15) is 23.5 Å². The van der Waals surface area contributed by atoms with E-state index in [0.717, 1.165) is 17.0 Å². The zero-order valence-corrected chi connectivity index (χ0v) is 14.4. The maximum Gasteiger partial charge on any atom is 0.229 e. The SMILES string of the molecule is O=C(Nc1ccn(Cc2ccc(Cl)cc2)n1)C1CC1c1ccccc1. The molecule has 0 spiro atoms. The van der Waals surface area contributed by atoms with Gasteiger partial charge in [-0.05, 0) is 35.6 Å². The molecule has 1 aromatic heterocycles. The zero-order chi connectivity index (χ0) is 17.2. The lowest BCUT2D eigenvalue weighted by atomic mass is 10.1. The van der Waals surface area contributed by atoms with E-state index in [1.54, 1.807) is 4.68 Å². The van der Waals surface area contributed by atoms with Crippen LogP contribution in [0.15, 0.2) is 66.9 Å². The first-order valence-corrected chi connectivity index (χ1v) is 8.70. The van der Waals surface area contributed by atoms with Gasteiger partial charge < -0.3 is 5.32 Å². The van der Waals surface area contributed by atoms with Crippen molar-refractivity contribution in [1.29, 1.82) is 0 Å². The highest BCUT2D eigenvalue weighted by molar-refractivity contribution is 6.30. The van der Waals surface area contributed by atoms with Gasteiger partial charge in [0.05, 0.1) is 6.54 Å². The number of halogens is 1. The average Bonchev–Trinajstić information content (AvgIpc) is 3.33. The van der Waals surface area contributed by atoms with E-state index in [2.05, 4.69) is 22.5 Å². The Morgan fingerprint density at radius 1 is 1.12 bits per heavy atom. The Balaban J connectivity index is 1.35. The zero-order valence-electron chi connectivity index (χ0n) is 13.6. The lowest BCUT2D eigenvalue weighted by molar-refractivity contribution is -0.117. The quantitative estimate of drug-likeness (QED) is 0.743. The average molecular weight is 352 g/mol. The number of hydrogen-bond acceptors (Lipinski definition) is 2. The van der Waals surface area contributed by atoms with Crippen LogP contribution in [0.25, 0.3) is 0 Å². The minimum absolute atomic E-state index is 0.0452. The standard InChI is InChI=1S/C20H18ClN3O/c21-16-8-6-14(7-9-16)13-24-11-10-19(23-24)22-20(25)18-12-17(18)15-4-2-1-3-5-15/h1-11,17-18H,12-13H2,(H,22,23,25). The third-order valence-electron chi connectivity index (χ3n) is 4.50. The van der Waals surface area contributed by atoms with Gasteiger partial charge in [0.2, 0.25) is 5.91 Å². The Labute approximate surface area is 151 Å². The van der Waals surface area contributed by atoms with Crippen molar-refractivity contribution in [2.24, 2.45) is 5.92 Å². The highest BCUT2D eigenvalue weighted by Crippen LogP contribution is 2.47. The summed E-state index contributed by atoms with van der Waals surface area (Å²) in [6, 6.07) is 19.7. The molecule has 1 saturated carbocycles. The molecule has 4 rings (SSSR count). The number of carbonyl (C=O) groups is 1. The van der Waals surface area contributed by atoms with Gasteiger partial charge >= 0.3 is 0 Å². The summed E-state index contributed by atoms with van der Waals surface area (Å²) in [5, 5.41) is 8.07. The molecule has 0 saturated heterocycles. The monoisotopic (exact) mass is 351 g/mol. The maximum absolute atomic E-state index is 12.4. The number of nitrogens with zero attached hydrogens (tertiary/aromatic N) is 2. The van der Waals surface area contributed by atoms with Gasteiger partial charge in [0.1, 0.15) is 0 Å². The Hall–Kier alpha value is -2.59. The molecule has 2 unspecified atom stereocenters. The third kappa shape index (κ3) is 3.74. The lowest BCUT2D eigenvalue weighted by Crippen LogP contribution is -2.15. The van der Waals surface area contributed by atoms with Crippen molar-refractivity contribution in [1.82, 2.24) is 9.78 Å². The summed E-state index contributed by atoms with van der Waals surface area (Å²) in [4.78, 5) is 12.4. The fourth-order valence-electron chi connectivity index (χ4n) is 3.07. The van der Waals surface area contributed by atoms with Crippen LogP contribution in [0.4, 0.5) is 5.82 Å². The molecule has 5 heteroatoms. The molecule has 0 bridgehead atoms. The maximum atomic E-state index is 12.4. The molecular weight excluding hydrogens is 334 g/mol. The Morgan fingerprint density at radius 3 is 2.64 bits per heavy atom. The number of carbonyl (C=O) groups excluding carboxylic acids is 1. The van der Waals surface area contributed by atoms with Crippen molar-refractivity contribution in [3.63, 3.8) is 0 Å². The Kier molecular flexibility index (Phi) is 4.28. The topological polar surface area (TPSA) is 46.9 Å². The second-order valence-electron chi connectivity index (χ2n) is 6.37. The number of amides is 1. The van der Waals surface area contributed by atoms with Gasteiger partial charge in [-0.1, -0.05) is 54.1 Å². The summed E-state index contributed by atoms with van der Waals surface area (Å²) in [6.07, 6.45) is 2.77. The van der Waals surface area contributed by atoms with Crippen LogP contribution < -0.4 is 5.32 Å². The van der Waals surface area contributed by atoms with Gasteiger partial charge in [-0.25, -0.2) is 0 Å². The number of rotatable bonds is 5. The van der Waals surface area contributed by atoms with Crippen LogP contribution in [0.3, 0.4) is 0 Å². The van der Waals surface area contributed by atoms with Crippen molar-refractivity contribution < 1.29 is 4.79 Å². The van der Waals surface area contributed by atoms with E-state index in [4.69, 9.17) is 11.6 Å². The summed E-state index contributed by atoms with van der Waals surface area (Å²) in [6.45, 7) is 0.642. The molecule has 2 aromatic carbocycles. The molecule has 25 heavy (non-hydrogen) atoms. The van der Waals surface area contributed by atoms with E-state index < -0.39 is 0 Å². The lowest BCUT2D eigenvalue weighted by Gasteiger charge is -2.03. The molecule has 3 aromatic rings. The van der Waals surface area contributed by atoms with E-state index in [1.807, 2.05) is 54.7 Å². The Bertz CT molecular complexity index is 873. The highest BCUT2D eigenvalue weighted by Gasteiger charge is 2.43. The van der Waals surface area contributed by atoms with Crippen LogP contribution >= 0.6 is 11.6 Å². The van der Waals surface area contributed by atoms with Crippen molar-refractivity contribution >= 4 is 23.3 Å². The van der Waals surface area contributed by atoms with Gasteiger partial charge in [0.15, 0.2) is 5.82 Å². The van der Waals surface area contributed by atoms with Gasteiger partial charge in [0.25, 0.3) is 0 Å². The number of benzene rings is 2. The molecular formula is C20H18ClN3O. The van der Waals surface area contributed by atoms with Gasteiger partial charge in [0, 0.05) is 23.2 Å². The summed E-state index contributed by atoms with van der Waals surface area (Å²) in [5.74, 6) is 1.02. The van der Waals surface area contributed by atoms with Crippen LogP contribution in [0, 0.1) is 5.92 Å². The number of nitrogens with one attached hydrogen (secondary N) is 1. The van der Waals surface area contributed by atoms with Crippen LogP contribution in [0.2, 0.25) is 5.02 Å². The van der Waals surface area contributed by atoms with E-state index >= 15 is 0 Å². The summed E-state index contributed by atoms with van der Waals surface area (Å²) in [7, 11) is 0. The van der Waals surface area contributed by atoms with Crippen molar-refractivity contribution in [2.45, 2.75) is 18.9 Å². The molecule has 2 atom stereocenters. The molecule has 1 fully saturated rings. The minimum Gasteiger partial charge on any atom is -0.309 e. The van der Waals surface area contributed by atoms with Gasteiger partial charge in [-0.2, -0.15) is 5.10 Å².